The second kappa shape index (κ2) is 10.7. The van der Waals surface area contributed by atoms with Crippen molar-refractivity contribution in [2.45, 2.75) is 13.3 Å². The molecule has 0 bridgehead atoms. The summed E-state index contributed by atoms with van der Waals surface area (Å²) in [5.41, 5.74) is 8.52. The van der Waals surface area contributed by atoms with Gasteiger partial charge in [0.15, 0.2) is 6.61 Å². The van der Waals surface area contributed by atoms with Gasteiger partial charge < -0.3 is 4.74 Å². The van der Waals surface area contributed by atoms with Crippen LogP contribution in [0.25, 0.3) is 0 Å². The van der Waals surface area contributed by atoms with Crippen LogP contribution in [0.15, 0.2) is 53.0 Å². The summed E-state index contributed by atoms with van der Waals surface area (Å²) in [6.07, 6.45) is -0.158. The molecule has 4 amide bonds. The third-order valence-electron chi connectivity index (χ3n) is 4.78. The largest absolute Gasteiger partial charge is 0.455 e. The Kier molecular flexibility index (Phi) is 7.78. The Labute approximate surface area is 197 Å². The van der Waals surface area contributed by atoms with Gasteiger partial charge in [0.1, 0.15) is 0 Å². The van der Waals surface area contributed by atoms with Crippen LogP contribution in [0.5, 0.6) is 0 Å². The number of halogens is 1. The van der Waals surface area contributed by atoms with Crippen molar-refractivity contribution in [1.29, 1.82) is 0 Å². The van der Waals surface area contributed by atoms with E-state index in [1.165, 1.54) is 0 Å². The standard InChI is InChI=1S/C22H21BrN4O6/c1-13-2-4-15(5-3-13)21(31)26-27-11-16(10-19(27)29)22(32)33-12-18(28)24-25-20(30)14-6-8-17(23)9-7-14/h2-9,16H,10-12H2,1H3,(H,24,28)(H,25,30)(H,26,31)/t16-/m1/s1. The number of amides is 4. The van der Waals surface area contributed by atoms with E-state index >= 15 is 0 Å². The van der Waals surface area contributed by atoms with Crippen LogP contribution in [-0.4, -0.2) is 47.8 Å². The molecule has 1 aliphatic heterocycles. The minimum atomic E-state index is -0.832. The molecule has 2 aromatic rings. The molecule has 1 fully saturated rings. The van der Waals surface area contributed by atoms with Crippen molar-refractivity contribution in [2.75, 3.05) is 13.2 Å². The molecule has 2 aromatic carbocycles. The molecule has 0 aromatic heterocycles. The van der Waals surface area contributed by atoms with E-state index in [9.17, 15) is 24.0 Å². The molecule has 33 heavy (non-hydrogen) atoms. The van der Waals surface area contributed by atoms with Gasteiger partial charge in [-0.2, -0.15) is 0 Å². The van der Waals surface area contributed by atoms with Crippen LogP contribution >= 0.6 is 15.9 Å². The van der Waals surface area contributed by atoms with Crippen molar-refractivity contribution < 1.29 is 28.7 Å². The molecule has 0 saturated carbocycles. The van der Waals surface area contributed by atoms with E-state index < -0.39 is 42.1 Å². The second-order valence-corrected chi connectivity index (χ2v) is 8.24. The molecular weight excluding hydrogens is 496 g/mol. The number of esters is 1. The zero-order chi connectivity index (χ0) is 24.0. The van der Waals surface area contributed by atoms with Crippen LogP contribution in [0.3, 0.4) is 0 Å². The summed E-state index contributed by atoms with van der Waals surface area (Å²) < 4.78 is 5.74. The Morgan fingerprint density at radius 3 is 2.24 bits per heavy atom. The predicted octanol–water partition coefficient (Wildman–Crippen LogP) is 1.26. The van der Waals surface area contributed by atoms with Crippen molar-refractivity contribution in [3.05, 3.63) is 69.7 Å². The molecule has 1 saturated heterocycles. The minimum absolute atomic E-state index is 0.0722. The summed E-state index contributed by atoms with van der Waals surface area (Å²) in [7, 11) is 0. The van der Waals surface area contributed by atoms with Crippen molar-refractivity contribution in [1.82, 2.24) is 21.3 Å². The normalized spacial score (nSPS) is 15.0. The molecule has 1 atom stereocenters. The third-order valence-corrected chi connectivity index (χ3v) is 5.30. The number of carbonyl (C=O) groups is 5. The number of nitrogens with zero attached hydrogens (tertiary/aromatic N) is 1. The van der Waals surface area contributed by atoms with Crippen LogP contribution < -0.4 is 16.3 Å². The van der Waals surface area contributed by atoms with Crippen LogP contribution in [0.2, 0.25) is 0 Å². The lowest BCUT2D eigenvalue weighted by Crippen LogP contribution is -2.44. The molecule has 1 heterocycles. The molecule has 0 aliphatic carbocycles. The summed E-state index contributed by atoms with van der Waals surface area (Å²) >= 11 is 3.26. The number of aryl methyl sites for hydroxylation is 1. The summed E-state index contributed by atoms with van der Waals surface area (Å²) in [6.45, 7) is 1.18. The lowest BCUT2D eigenvalue weighted by atomic mass is 10.1. The number of nitrogens with one attached hydrogen (secondary N) is 3. The van der Waals surface area contributed by atoms with Crippen molar-refractivity contribution in [3.8, 4) is 0 Å². The van der Waals surface area contributed by atoms with Gasteiger partial charge in [-0.25, -0.2) is 0 Å². The number of hydrogen-bond donors (Lipinski definition) is 3. The van der Waals surface area contributed by atoms with Crippen LogP contribution in [0.4, 0.5) is 0 Å². The van der Waals surface area contributed by atoms with E-state index in [-0.39, 0.29) is 13.0 Å². The first-order valence-electron chi connectivity index (χ1n) is 9.92. The van der Waals surface area contributed by atoms with Gasteiger partial charge in [-0.05, 0) is 43.3 Å². The number of hydrogen-bond acceptors (Lipinski definition) is 6. The summed E-state index contributed by atoms with van der Waals surface area (Å²) in [5.74, 6) is -3.79. The van der Waals surface area contributed by atoms with E-state index in [0.29, 0.717) is 11.1 Å². The molecule has 0 spiro atoms. The molecule has 3 N–H and O–H groups in total. The van der Waals surface area contributed by atoms with E-state index in [2.05, 4.69) is 32.2 Å². The highest BCUT2D eigenvalue weighted by Gasteiger charge is 2.36. The molecule has 0 unspecified atom stereocenters. The molecular formula is C22H21BrN4O6. The number of rotatable bonds is 6. The monoisotopic (exact) mass is 516 g/mol. The Morgan fingerprint density at radius 2 is 1.58 bits per heavy atom. The number of benzene rings is 2. The van der Waals surface area contributed by atoms with Gasteiger partial charge in [0.25, 0.3) is 17.7 Å². The Bertz CT molecular complexity index is 1070. The quantitative estimate of drug-likeness (QED) is 0.390. The maximum absolute atomic E-state index is 12.3. The van der Waals surface area contributed by atoms with Gasteiger partial charge in [-0.15, -0.1) is 0 Å². The van der Waals surface area contributed by atoms with Gasteiger partial charge in [0.05, 0.1) is 12.5 Å². The van der Waals surface area contributed by atoms with Crippen LogP contribution in [-0.2, 0) is 19.1 Å². The third kappa shape index (κ3) is 6.62. The number of carbonyl (C=O) groups excluding carboxylic acids is 5. The molecule has 1 aliphatic rings. The van der Waals surface area contributed by atoms with Gasteiger partial charge >= 0.3 is 5.97 Å². The first-order valence-corrected chi connectivity index (χ1v) is 10.7. The highest BCUT2D eigenvalue weighted by Crippen LogP contribution is 2.18. The van der Waals surface area contributed by atoms with Gasteiger partial charge in [0.2, 0.25) is 5.91 Å². The highest BCUT2D eigenvalue weighted by molar-refractivity contribution is 9.10. The topological polar surface area (TPSA) is 134 Å². The maximum atomic E-state index is 12.3. The van der Waals surface area contributed by atoms with Crippen LogP contribution in [0.1, 0.15) is 32.7 Å². The zero-order valence-electron chi connectivity index (χ0n) is 17.6. The Balaban J connectivity index is 1.42. The molecule has 0 radical (unpaired) electrons. The van der Waals surface area contributed by atoms with Gasteiger partial charge in [-0.1, -0.05) is 33.6 Å². The molecule has 172 valence electrons. The Morgan fingerprint density at radius 1 is 0.970 bits per heavy atom. The fourth-order valence-electron chi connectivity index (χ4n) is 2.96. The van der Waals surface area contributed by atoms with E-state index in [1.807, 2.05) is 6.92 Å². The zero-order valence-corrected chi connectivity index (χ0v) is 19.2. The first-order chi connectivity index (χ1) is 15.7. The molecule has 3 rings (SSSR count). The maximum Gasteiger partial charge on any atom is 0.311 e. The predicted molar refractivity (Wildman–Crippen MR) is 119 cm³/mol. The summed E-state index contributed by atoms with van der Waals surface area (Å²) in [6, 6.07) is 13.3. The summed E-state index contributed by atoms with van der Waals surface area (Å²) in [5, 5.41) is 1.06. The smallest absolute Gasteiger partial charge is 0.311 e. The lowest BCUT2D eigenvalue weighted by molar-refractivity contribution is -0.152. The average molecular weight is 517 g/mol. The van der Waals surface area contributed by atoms with Crippen molar-refractivity contribution in [2.24, 2.45) is 5.92 Å². The van der Waals surface area contributed by atoms with E-state index in [4.69, 9.17) is 4.74 Å². The number of ether oxygens (including phenoxy) is 1. The Hall–Kier alpha value is -3.73. The van der Waals surface area contributed by atoms with Crippen LogP contribution in [0, 0.1) is 12.8 Å². The first kappa shape index (κ1) is 23.9. The molecule has 10 nitrogen and oxygen atoms in total. The van der Waals surface area contributed by atoms with Crippen molar-refractivity contribution >= 4 is 45.5 Å². The minimum Gasteiger partial charge on any atom is -0.455 e. The lowest BCUT2D eigenvalue weighted by Gasteiger charge is -2.17. The SMILES string of the molecule is Cc1ccc(C(=O)NN2C[C@H](C(=O)OCC(=O)NNC(=O)c3ccc(Br)cc3)CC2=O)cc1. The fourth-order valence-corrected chi connectivity index (χ4v) is 3.22. The average Bonchev–Trinajstić information content (AvgIpc) is 3.16. The van der Waals surface area contributed by atoms with Crippen molar-refractivity contribution in [3.63, 3.8) is 0 Å². The molecule has 11 heteroatoms. The summed E-state index contributed by atoms with van der Waals surface area (Å²) in [4.78, 5) is 60.5. The van der Waals surface area contributed by atoms with Gasteiger partial charge in [0, 0.05) is 22.0 Å². The van der Waals surface area contributed by atoms with Gasteiger partial charge in [-0.3, -0.25) is 45.3 Å². The van der Waals surface area contributed by atoms with E-state index in [0.717, 1.165) is 15.0 Å². The highest BCUT2D eigenvalue weighted by atomic mass is 79.9. The second-order valence-electron chi connectivity index (χ2n) is 7.33. The fraction of sp³-hybridized carbons (Fsp3) is 0.227. The van der Waals surface area contributed by atoms with E-state index in [1.54, 1.807) is 48.5 Å². The number of hydrazine groups is 2.